The molecule has 0 fully saturated rings. The number of hydrogen-bond donors (Lipinski definition) is 1. The highest BCUT2D eigenvalue weighted by atomic mass is 19.1. The van der Waals surface area contributed by atoms with Gasteiger partial charge in [-0.3, -0.25) is 9.78 Å². The largest absolute Gasteiger partial charge is 0.481 e. The third-order valence-corrected chi connectivity index (χ3v) is 2.76. The molecule has 2 rings (SSSR count). The van der Waals surface area contributed by atoms with Gasteiger partial charge in [0.1, 0.15) is 5.82 Å². The Hall–Kier alpha value is -2.23. The molecule has 1 N–H and O–H groups in total. The fourth-order valence-electron chi connectivity index (χ4n) is 1.89. The number of carboxylic acid groups (broad SMARTS) is 1. The second-order valence-corrected chi connectivity index (χ2v) is 3.98. The van der Waals surface area contributed by atoms with Crippen molar-refractivity contribution in [1.82, 2.24) is 4.98 Å². The molecule has 0 saturated carbocycles. The van der Waals surface area contributed by atoms with Crippen LogP contribution in [0.15, 0.2) is 48.8 Å². The molecular weight excluding hydrogens is 233 g/mol. The molecule has 18 heavy (non-hydrogen) atoms. The third-order valence-electron chi connectivity index (χ3n) is 2.76. The predicted octanol–water partition coefficient (Wildman–Crippen LogP) is 2.83. The van der Waals surface area contributed by atoms with Crippen molar-refractivity contribution in [1.29, 1.82) is 0 Å². The second-order valence-electron chi connectivity index (χ2n) is 3.98. The van der Waals surface area contributed by atoms with E-state index < -0.39 is 5.97 Å². The Morgan fingerprint density at radius 3 is 2.22 bits per heavy atom. The molecule has 1 atom stereocenters. The molecular formula is C14H12FNO2. The maximum atomic E-state index is 12.9. The Kier molecular flexibility index (Phi) is 3.67. The first-order valence-electron chi connectivity index (χ1n) is 5.54. The van der Waals surface area contributed by atoms with Crippen molar-refractivity contribution in [3.63, 3.8) is 0 Å². The van der Waals surface area contributed by atoms with E-state index in [4.69, 9.17) is 5.11 Å². The molecule has 0 radical (unpaired) electrons. The number of pyridine rings is 1. The van der Waals surface area contributed by atoms with Gasteiger partial charge in [-0.05, 0) is 35.4 Å². The molecule has 0 unspecified atom stereocenters. The topological polar surface area (TPSA) is 50.2 Å². The van der Waals surface area contributed by atoms with Crippen LogP contribution in [0.5, 0.6) is 0 Å². The summed E-state index contributed by atoms with van der Waals surface area (Å²) in [5.74, 6) is -1.50. The monoisotopic (exact) mass is 245 g/mol. The Morgan fingerprint density at radius 1 is 1.11 bits per heavy atom. The summed E-state index contributed by atoms with van der Waals surface area (Å²) in [4.78, 5) is 14.8. The van der Waals surface area contributed by atoms with Gasteiger partial charge in [-0.25, -0.2) is 4.39 Å². The quantitative estimate of drug-likeness (QED) is 0.901. The summed E-state index contributed by atoms with van der Waals surface area (Å²) in [6.45, 7) is 0. The molecule has 3 nitrogen and oxygen atoms in total. The number of hydrogen-bond acceptors (Lipinski definition) is 2. The zero-order chi connectivity index (χ0) is 13.0. The van der Waals surface area contributed by atoms with Crippen LogP contribution < -0.4 is 0 Å². The van der Waals surface area contributed by atoms with E-state index in [-0.39, 0.29) is 18.2 Å². The molecule has 0 saturated heterocycles. The summed E-state index contributed by atoms with van der Waals surface area (Å²) in [5.41, 5.74) is 1.64. The van der Waals surface area contributed by atoms with Crippen LogP contribution in [0.25, 0.3) is 0 Å². The van der Waals surface area contributed by atoms with Crippen LogP contribution in [0.4, 0.5) is 4.39 Å². The molecule has 0 spiro atoms. The number of halogens is 1. The molecule has 1 aromatic carbocycles. The first-order valence-corrected chi connectivity index (χ1v) is 5.54. The van der Waals surface area contributed by atoms with Crippen molar-refractivity contribution in [2.75, 3.05) is 0 Å². The van der Waals surface area contributed by atoms with Gasteiger partial charge in [0.25, 0.3) is 0 Å². The third kappa shape index (κ3) is 2.91. The molecule has 4 heteroatoms. The highest BCUT2D eigenvalue weighted by Crippen LogP contribution is 2.27. The first kappa shape index (κ1) is 12.2. The summed E-state index contributed by atoms with van der Waals surface area (Å²) in [5, 5.41) is 8.97. The number of rotatable bonds is 4. The lowest BCUT2D eigenvalue weighted by molar-refractivity contribution is -0.137. The van der Waals surface area contributed by atoms with Gasteiger partial charge in [0, 0.05) is 18.3 Å². The van der Waals surface area contributed by atoms with Gasteiger partial charge in [0.05, 0.1) is 6.42 Å². The van der Waals surface area contributed by atoms with Crippen LogP contribution in [0, 0.1) is 5.82 Å². The minimum atomic E-state index is -0.888. The zero-order valence-electron chi connectivity index (χ0n) is 9.58. The van der Waals surface area contributed by atoms with Crippen molar-refractivity contribution < 1.29 is 14.3 Å². The van der Waals surface area contributed by atoms with Crippen molar-refractivity contribution >= 4 is 5.97 Å². The predicted molar refractivity (Wildman–Crippen MR) is 64.7 cm³/mol. The number of benzene rings is 1. The fourth-order valence-corrected chi connectivity index (χ4v) is 1.89. The summed E-state index contributed by atoms with van der Waals surface area (Å²) in [6.07, 6.45) is 3.21. The lowest BCUT2D eigenvalue weighted by Crippen LogP contribution is -2.08. The van der Waals surface area contributed by atoms with Gasteiger partial charge in [0.2, 0.25) is 0 Å². The smallest absolute Gasteiger partial charge is 0.304 e. The van der Waals surface area contributed by atoms with Gasteiger partial charge in [-0.2, -0.15) is 0 Å². The minimum Gasteiger partial charge on any atom is -0.481 e. The molecule has 0 bridgehead atoms. The van der Waals surface area contributed by atoms with E-state index in [0.29, 0.717) is 0 Å². The number of carboxylic acids is 1. The average Bonchev–Trinajstić information content (AvgIpc) is 2.38. The standard InChI is InChI=1S/C14H12FNO2/c15-12-3-1-10(2-4-12)13(9-14(17)18)11-5-7-16-8-6-11/h1-8,13H,9H2,(H,17,18)/t13-/m1/s1. The van der Waals surface area contributed by atoms with Gasteiger partial charge in [-0.15, -0.1) is 0 Å². The van der Waals surface area contributed by atoms with Crippen LogP contribution in [-0.4, -0.2) is 16.1 Å². The number of aromatic nitrogens is 1. The lowest BCUT2D eigenvalue weighted by Gasteiger charge is -2.15. The number of carbonyl (C=O) groups is 1. The molecule has 1 aromatic heterocycles. The van der Waals surface area contributed by atoms with Crippen LogP contribution in [0.1, 0.15) is 23.5 Å². The summed E-state index contributed by atoms with van der Waals surface area (Å²) in [6, 6.07) is 9.46. The highest BCUT2D eigenvalue weighted by molar-refractivity contribution is 5.69. The maximum absolute atomic E-state index is 12.9. The number of nitrogens with zero attached hydrogens (tertiary/aromatic N) is 1. The Balaban J connectivity index is 2.36. The number of aliphatic carboxylic acids is 1. The molecule has 2 aromatic rings. The van der Waals surface area contributed by atoms with Gasteiger partial charge in [0.15, 0.2) is 0 Å². The Morgan fingerprint density at radius 2 is 1.67 bits per heavy atom. The van der Waals surface area contributed by atoms with Crippen LogP contribution in [0.3, 0.4) is 0 Å². The van der Waals surface area contributed by atoms with Crippen molar-refractivity contribution in [2.24, 2.45) is 0 Å². The SMILES string of the molecule is O=C(O)C[C@@H](c1ccncc1)c1ccc(F)cc1. The molecule has 0 aliphatic rings. The lowest BCUT2D eigenvalue weighted by atomic mass is 9.89. The minimum absolute atomic E-state index is 0.0321. The fraction of sp³-hybridized carbons (Fsp3) is 0.143. The molecule has 92 valence electrons. The van der Waals surface area contributed by atoms with E-state index in [2.05, 4.69) is 4.98 Å². The average molecular weight is 245 g/mol. The van der Waals surface area contributed by atoms with E-state index in [9.17, 15) is 9.18 Å². The summed E-state index contributed by atoms with van der Waals surface area (Å²) < 4.78 is 12.9. The highest BCUT2D eigenvalue weighted by Gasteiger charge is 2.17. The van der Waals surface area contributed by atoms with Crippen LogP contribution in [-0.2, 0) is 4.79 Å². The maximum Gasteiger partial charge on any atom is 0.304 e. The van der Waals surface area contributed by atoms with Crippen molar-refractivity contribution in [3.8, 4) is 0 Å². The summed E-state index contributed by atoms with van der Waals surface area (Å²) in [7, 11) is 0. The van der Waals surface area contributed by atoms with E-state index >= 15 is 0 Å². The summed E-state index contributed by atoms with van der Waals surface area (Å²) >= 11 is 0. The van der Waals surface area contributed by atoms with Gasteiger partial charge < -0.3 is 5.11 Å². The van der Waals surface area contributed by atoms with E-state index in [0.717, 1.165) is 11.1 Å². The van der Waals surface area contributed by atoms with E-state index in [1.54, 1.807) is 36.7 Å². The van der Waals surface area contributed by atoms with Gasteiger partial charge in [-0.1, -0.05) is 12.1 Å². The first-order chi connectivity index (χ1) is 8.66. The van der Waals surface area contributed by atoms with Crippen LogP contribution >= 0.6 is 0 Å². The molecule has 0 aliphatic heterocycles. The van der Waals surface area contributed by atoms with Crippen molar-refractivity contribution in [2.45, 2.75) is 12.3 Å². The van der Waals surface area contributed by atoms with E-state index in [1.165, 1.54) is 12.1 Å². The molecule has 1 heterocycles. The molecule has 0 amide bonds. The second kappa shape index (κ2) is 5.40. The Bertz CT molecular complexity index is 525. The van der Waals surface area contributed by atoms with Crippen molar-refractivity contribution in [3.05, 3.63) is 65.7 Å². The van der Waals surface area contributed by atoms with Crippen LogP contribution in [0.2, 0.25) is 0 Å². The van der Waals surface area contributed by atoms with Gasteiger partial charge >= 0.3 is 5.97 Å². The molecule has 0 aliphatic carbocycles. The van der Waals surface area contributed by atoms with E-state index in [1.807, 2.05) is 0 Å². The Labute approximate surface area is 104 Å². The zero-order valence-corrected chi connectivity index (χ0v) is 9.58. The normalized spacial score (nSPS) is 12.1.